The van der Waals surface area contributed by atoms with E-state index in [9.17, 15) is 4.79 Å². The lowest BCUT2D eigenvalue weighted by molar-refractivity contribution is 0.369. The van der Waals surface area contributed by atoms with E-state index in [1.54, 1.807) is 4.57 Å². The monoisotopic (exact) mass is 290 g/mol. The minimum Gasteiger partial charge on any atom is -0.349 e. The van der Waals surface area contributed by atoms with Crippen molar-refractivity contribution in [3.8, 4) is 0 Å². The molecule has 2 atom stereocenters. The smallest absolute Gasteiger partial charge is 0.327 e. The zero-order valence-corrected chi connectivity index (χ0v) is 13.4. The van der Waals surface area contributed by atoms with Crippen molar-refractivity contribution in [1.29, 1.82) is 0 Å². The first-order valence-electron chi connectivity index (χ1n) is 7.81. The molecule has 5 nitrogen and oxygen atoms in total. The third kappa shape index (κ3) is 2.67. The van der Waals surface area contributed by atoms with E-state index in [4.69, 9.17) is 0 Å². The largest absolute Gasteiger partial charge is 0.349 e. The molecule has 0 spiro atoms. The quantitative estimate of drug-likeness (QED) is 0.869. The van der Waals surface area contributed by atoms with Crippen LogP contribution in [0.15, 0.2) is 10.9 Å². The topological polar surface area (TPSA) is 53.1 Å². The predicted molar refractivity (Wildman–Crippen MR) is 86.6 cm³/mol. The van der Waals surface area contributed by atoms with Gasteiger partial charge in [-0.25, -0.2) is 4.79 Å². The Kier molecular flexibility index (Phi) is 3.48. The first-order valence-corrected chi connectivity index (χ1v) is 7.81. The number of fused-ring (bicyclic) bond motifs is 1. The molecule has 0 radical (unpaired) electrons. The van der Waals surface area contributed by atoms with Crippen molar-refractivity contribution in [2.24, 2.45) is 18.4 Å². The molecule has 0 bridgehead atoms. The van der Waals surface area contributed by atoms with Crippen molar-refractivity contribution in [3.05, 3.63) is 22.3 Å². The zero-order valence-electron chi connectivity index (χ0n) is 13.4. The molecule has 0 amide bonds. The molecule has 0 saturated carbocycles. The number of nitrogens with one attached hydrogen (secondary N) is 2. The van der Waals surface area contributed by atoms with Gasteiger partial charge in [0.2, 0.25) is 0 Å². The summed E-state index contributed by atoms with van der Waals surface area (Å²) in [6.45, 7) is 9.84. The summed E-state index contributed by atoms with van der Waals surface area (Å²) in [5, 5.41) is 3.46. The molecule has 5 heteroatoms. The average molecular weight is 290 g/mol. The second kappa shape index (κ2) is 5.05. The Bertz CT molecular complexity index is 599. The Morgan fingerprint density at radius 1 is 1.38 bits per heavy atom. The molecule has 1 saturated heterocycles. The normalized spacial score (nSPS) is 25.4. The Labute approximate surface area is 126 Å². The van der Waals surface area contributed by atoms with E-state index in [1.807, 2.05) is 7.05 Å². The standard InChI is InChI=1S/C16H26N4O/c1-16(2,3)10-20-13(11-7-8-17-9-11)6-5-12-14(20)19(4)15(21)18-12/h5-6,11,13,17H,7-10H2,1-4H3,(H,18,21). The maximum absolute atomic E-state index is 12.0. The van der Waals surface area contributed by atoms with Crippen LogP contribution in [0.2, 0.25) is 0 Å². The van der Waals surface area contributed by atoms with Gasteiger partial charge >= 0.3 is 5.69 Å². The third-order valence-corrected chi connectivity index (χ3v) is 4.42. The van der Waals surface area contributed by atoms with Crippen molar-refractivity contribution in [2.45, 2.75) is 33.2 Å². The molecule has 1 fully saturated rings. The van der Waals surface area contributed by atoms with Gasteiger partial charge in [0.15, 0.2) is 0 Å². The van der Waals surface area contributed by atoms with Crippen LogP contribution in [0.25, 0.3) is 6.08 Å². The fraction of sp³-hybridized carbons (Fsp3) is 0.688. The van der Waals surface area contributed by atoms with E-state index in [2.05, 4.69) is 48.1 Å². The zero-order chi connectivity index (χ0) is 15.2. The van der Waals surface area contributed by atoms with Crippen LogP contribution in [0.1, 0.15) is 32.9 Å². The Balaban J connectivity index is 2.02. The highest BCUT2D eigenvalue weighted by Crippen LogP contribution is 2.34. The van der Waals surface area contributed by atoms with Crippen LogP contribution in [-0.2, 0) is 7.05 Å². The van der Waals surface area contributed by atoms with E-state index in [0.717, 1.165) is 31.1 Å². The van der Waals surface area contributed by atoms with Crippen molar-refractivity contribution in [3.63, 3.8) is 0 Å². The summed E-state index contributed by atoms with van der Waals surface area (Å²) in [6.07, 6.45) is 5.55. The number of H-pyrrole nitrogens is 1. The molecule has 116 valence electrons. The lowest BCUT2D eigenvalue weighted by Crippen LogP contribution is -2.47. The van der Waals surface area contributed by atoms with E-state index in [-0.39, 0.29) is 11.1 Å². The van der Waals surface area contributed by atoms with E-state index < -0.39 is 0 Å². The number of rotatable bonds is 2. The van der Waals surface area contributed by atoms with Crippen LogP contribution < -0.4 is 15.9 Å². The SMILES string of the molecule is Cn1c2c([nH]c1=O)C=CC(C1CCNC1)N2CC(C)(C)C. The summed E-state index contributed by atoms with van der Waals surface area (Å²) in [6, 6.07) is 0.369. The van der Waals surface area contributed by atoms with E-state index in [1.165, 1.54) is 6.42 Å². The maximum Gasteiger partial charge on any atom is 0.327 e. The molecular formula is C16H26N4O. The summed E-state index contributed by atoms with van der Waals surface area (Å²) < 4.78 is 1.75. The van der Waals surface area contributed by atoms with Gasteiger partial charge in [-0.05, 0) is 30.4 Å². The molecule has 0 aliphatic carbocycles. The second-order valence-electron chi connectivity index (χ2n) is 7.52. The average Bonchev–Trinajstić information content (AvgIpc) is 2.98. The first-order chi connectivity index (χ1) is 9.87. The lowest BCUT2D eigenvalue weighted by Gasteiger charge is -2.41. The van der Waals surface area contributed by atoms with Gasteiger partial charge in [-0.2, -0.15) is 0 Å². The van der Waals surface area contributed by atoms with Gasteiger partial charge in [0.25, 0.3) is 0 Å². The van der Waals surface area contributed by atoms with Crippen LogP contribution in [0.5, 0.6) is 0 Å². The van der Waals surface area contributed by atoms with E-state index in [0.29, 0.717) is 12.0 Å². The summed E-state index contributed by atoms with van der Waals surface area (Å²) in [4.78, 5) is 17.4. The van der Waals surface area contributed by atoms with Crippen LogP contribution in [-0.4, -0.2) is 35.2 Å². The Hall–Kier alpha value is -1.49. The minimum atomic E-state index is -0.0336. The summed E-state index contributed by atoms with van der Waals surface area (Å²) in [5.41, 5.74) is 1.09. The van der Waals surface area contributed by atoms with Crippen molar-refractivity contribution >= 4 is 11.9 Å². The lowest BCUT2D eigenvalue weighted by atomic mass is 9.90. The Morgan fingerprint density at radius 2 is 2.14 bits per heavy atom. The molecule has 21 heavy (non-hydrogen) atoms. The molecule has 3 rings (SSSR count). The first kappa shape index (κ1) is 14.4. The Morgan fingerprint density at radius 3 is 2.76 bits per heavy atom. The van der Waals surface area contributed by atoms with Gasteiger partial charge in [-0.15, -0.1) is 0 Å². The molecule has 2 N–H and O–H groups in total. The van der Waals surface area contributed by atoms with Gasteiger partial charge in [0.05, 0.1) is 11.7 Å². The maximum atomic E-state index is 12.0. The molecule has 1 aromatic heterocycles. The van der Waals surface area contributed by atoms with Gasteiger partial charge in [0, 0.05) is 20.1 Å². The number of aromatic nitrogens is 2. The summed E-state index contributed by atoms with van der Waals surface area (Å²) in [5.74, 6) is 1.65. The number of nitrogens with zero attached hydrogens (tertiary/aromatic N) is 2. The van der Waals surface area contributed by atoms with Gasteiger partial charge in [0.1, 0.15) is 5.82 Å². The van der Waals surface area contributed by atoms with Crippen LogP contribution in [0.3, 0.4) is 0 Å². The van der Waals surface area contributed by atoms with Crippen molar-refractivity contribution < 1.29 is 0 Å². The molecule has 2 unspecified atom stereocenters. The highest BCUT2D eigenvalue weighted by molar-refractivity contribution is 5.67. The molecule has 3 heterocycles. The van der Waals surface area contributed by atoms with Crippen LogP contribution in [0.4, 0.5) is 5.82 Å². The number of anilines is 1. The molecular weight excluding hydrogens is 264 g/mol. The van der Waals surface area contributed by atoms with Gasteiger partial charge in [-0.3, -0.25) is 4.57 Å². The number of aromatic amines is 1. The number of imidazole rings is 1. The van der Waals surface area contributed by atoms with Crippen LogP contribution in [0, 0.1) is 11.3 Å². The summed E-state index contributed by atoms with van der Waals surface area (Å²) >= 11 is 0. The highest BCUT2D eigenvalue weighted by Gasteiger charge is 2.35. The number of hydrogen-bond donors (Lipinski definition) is 2. The van der Waals surface area contributed by atoms with Gasteiger partial charge < -0.3 is 15.2 Å². The fourth-order valence-electron chi connectivity index (χ4n) is 3.51. The minimum absolute atomic E-state index is 0.0336. The predicted octanol–water partition coefficient (Wildman–Crippen LogP) is 1.57. The van der Waals surface area contributed by atoms with Crippen molar-refractivity contribution in [2.75, 3.05) is 24.5 Å². The molecule has 0 aromatic carbocycles. The molecule has 2 aliphatic heterocycles. The highest BCUT2D eigenvalue weighted by atomic mass is 16.1. The summed E-state index contributed by atoms with van der Waals surface area (Å²) in [7, 11) is 1.86. The molecule has 1 aromatic rings. The number of hydrogen-bond acceptors (Lipinski definition) is 3. The molecule has 2 aliphatic rings. The van der Waals surface area contributed by atoms with Gasteiger partial charge in [-0.1, -0.05) is 26.8 Å². The van der Waals surface area contributed by atoms with Crippen LogP contribution >= 0.6 is 0 Å². The fourth-order valence-corrected chi connectivity index (χ4v) is 3.51. The third-order valence-electron chi connectivity index (χ3n) is 4.42. The second-order valence-corrected chi connectivity index (χ2v) is 7.52. The van der Waals surface area contributed by atoms with Crippen molar-refractivity contribution in [1.82, 2.24) is 14.9 Å². The van der Waals surface area contributed by atoms with E-state index >= 15 is 0 Å².